The van der Waals surface area contributed by atoms with Crippen LogP contribution < -0.4 is 0 Å². The van der Waals surface area contributed by atoms with Gasteiger partial charge in [0.05, 0.1) is 13.2 Å². The van der Waals surface area contributed by atoms with Gasteiger partial charge in [-0.2, -0.15) is 5.10 Å². The summed E-state index contributed by atoms with van der Waals surface area (Å²) in [5, 5.41) is 7.10. The third kappa shape index (κ3) is 3.32. The number of rotatable bonds is 4. The van der Waals surface area contributed by atoms with Crippen LogP contribution in [0.5, 0.6) is 0 Å². The zero-order valence-electron chi connectivity index (χ0n) is 12.4. The topological polar surface area (TPSA) is 71.1 Å². The summed E-state index contributed by atoms with van der Waals surface area (Å²) in [5.41, 5.74) is 0. The maximum atomic E-state index is 12.4. The normalized spacial score (nSPS) is 25.5. The summed E-state index contributed by atoms with van der Waals surface area (Å²) in [4.78, 5) is 18.7. The van der Waals surface area contributed by atoms with Crippen LogP contribution in [0.2, 0.25) is 0 Å². The maximum absolute atomic E-state index is 12.4. The Morgan fingerprint density at radius 1 is 1.57 bits per heavy atom. The van der Waals surface area contributed by atoms with Crippen LogP contribution in [0, 0.1) is 5.92 Å². The molecule has 2 heterocycles. The lowest BCUT2D eigenvalue weighted by Crippen LogP contribution is -2.43. The van der Waals surface area contributed by atoms with Crippen molar-refractivity contribution in [1.29, 1.82) is 0 Å². The Morgan fingerprint density at radius 3 is 3.19 bits per heavy atom. The summed E-state index contributed by atoms with van der Waals surface area (Å²) in [6.07, 6.45) is 7.74. The van der Waals surface area contributed by atoms with Crippen LogP contribution in [0.4, 0.5) is 0 Å². The number of carbonyl (C=O) groups is 1. The molecule has 0 radical (unpaired) electrons. The molecule has 1 fully saturated rings. The number of allylic oxidation sites excluding steroid dienone is 2. The van der Waals surface area contributed by atoms with E-state index in [9.17, 15) is 4.79 Å². The largest absolute Gasteiger partial charge is 0.366 e. The van der Waals surface area contributed by atoms with E-state index >= 15 is 0 Å². The predicted octanol–water partition coefficient (Wildman–Crippen LogP) is 1.62. The second-order valence-corrected chi connectivity index (χ2v) is 5.66. The summed E-state index contributed by atoms with van der Waals surface area (Å²) in [6.45, 7) is 3.79. The molecule has 2 atom stereocenters. The van der Waals surface area contributed by atoms with Gasteiger partial charge in [0.2, 0.25) is 5.91 Å². The molecular weight excluding hydrogens is 268 g/mol. The first-order valence-corrected chi connectivity index (χ1v) is 7.73. The van der Waals surface area contributed by atoms with Crippen LogP contribution in [0.1, 0.15) is 43.9 Å². The molecule has 3 rings (SSSR count). The first-order chi connectivity index (χ1) is 10.3. The van der Waals surface area contributed by atoms with Gasteiger partial charge in [0, 0.05) is 19.4 Å². The van der Waals surface area contributed by atoms with Crippen molar-refractivity contribution >= 4 is 5.91 Å². The lowest BCUT2D eigenvalue weighted by atomic mass is 10.0. The molecule has 21 heavy (non-hydrogen) atoms. The SMILES string of the molecule is CCc1nc([C@H]2CN(C(=O)C[C@@H]3C=CCC3)CCO2)n[nH]1. The van der Waals surface area contributed by atoms with Crippen molar-refractivity contribution in [3.05, 3.63) is 23.8 Å². The number of nitrogens with one attached hydrogen (secondary N) is 1. The second-order valence-electron chi connectivity index (χ2n) is 5.66. The van der Waals surface area contributed by atoms with Crippen molar-refractivity contribution in [3.8, 4) is 0 Å². The van der Waals surface area contributed by atoms with E-state index in [0.29, 0.717) is 37.9 Å². The van der Waals surface area contributed by atoms with Crippen LogP contribution in [0.25, 0.3) is 0 Å². The van der Waals surface area contributed by atoms with E-state index in [2.05, 4.69) is 27.3 Å². The molecule has 1 aliphatic carbocycles. The number of nitrogens with zero attached hydrogens (tertiary/aromatic N) is 3. The fourth-order valence-electron chi connectivity index (χ4n) is 2.86. The van der Waals surface area contributed by atoms with E-state index in [4.69, 9.17) is 4.74 Å². The molecule has 1 N–H and O–H groups in total. The molecule has 114 valence electrons. The van der Waals surface area contributed by atoms with E-state index in [-0.39, 0.29) is 12.0 Å². The van der Waals surface area contributed by atoms with Crippen molar-refractivity contribution in [3.63, 3.8) is 0 Å². The fraction of sp³-hybridized carbons (Fsp3) is 0.667. The molecule has 1 saturated heterocycles. The molecule has 0 bridgehead atoms. The molecule has 2 aliphatic rings. The van der Waals surface area contributed by atoms with Crippen LogP contribution in [-0.2, 0) is 16.0 Å². The lowest BCUT2D eigenvalue weighted by molar-refractivity contribution is -0.140. The molecule has 1 amide bonds. The van der Waals surface area contributed by atoms with Gasteiger partial charge in [-0.15, -0.1) is 0 Å². The molecule has 6 nitrogen and oxygen atoms in total. The number of hydrogen-bond donors (Lipinski definition) is 1. The molecule has 0 unspecified atom stereocenters. The van der Waals surface area contributed by atoms with E-state index in [1.54, 1.807) is 0 Å². The summed E-state index contributed by atoms with van der Waals surface area (Å²) < 4.78 is 5.72. The minimum atomic E-state index is -0.210. The fourth-order valence-corrected chi connectivity index (χ4v) is 2.86. The van der Waals surface area contributed by atoms with Gasteiger partial charge in [0.25, 0.3) is 0 Å². The number of hydrogen-bond acceptors (Lipinski definition) is 4. The van der Waals surface area contributed by atoms with Gasteiger partial charge < -0.3 is 9.64 Å². The number of amides is 1. The van der Waals surface area contributed by atoms with Crippen molar-refractivity contribution in [2.24, 2.45) is 5.92 Å². The summed E-state index contributed by atoms with van der Waals surface area (Å²) in [7, 11) is 0. The second kappa shape index (κ2) is 6.39. The Labute approximate surface area is 124 Å². The first kappa shape index (κ1) is 14.3. The molecule has 6 heteroatoms. The highest BCUT2D eigenvalue weighted by Gasteiger charge is 2.29. The summed E-state index contributed by atoms with van der Waals surface area (Å²) >= 11 is 0. The maximum Gasteiger partial charge on any atom is 0.223 e. The van der Waals surface area contributed by atoms with Gasteiger partial charge in [-0.05, 0) is 18.8 Å². The molecule has 0 saturated carbocycles. The Hall–Kier alpha value is -1.69. The van der Waals surface area contributed by atoms with E-state index in [0.717, 1.165) is 25.1 Å². The minimum absolute atomic E-state index is 0.210. The van der Waals surface area contributed by atoms with Crippen molar-refractivity contribution < 1.29 is 9.53 Å². The van der Waals surface area contributed by atoms with Crippen molar-refractivity contribution in [2.45, 2.75) is 38.7 Å². The van der Waals surface area contributed by atoms with Gasteiger partial charge >= 0.3 is 0 Å². The number of carbonyl (C=O) groups excluding carboxylic acids is 1. The Morgan fingerprint density at radius 2 is 2.48 bits per heavy atom. The van der Waals surface area contributed by atoms with Gasteiger partial charge in [0.1, 0.15) is 11.9 Å². The summed E-state index contributed by atoms with van der Waals surface area (Å²) in [5.74, 6) is 2.14. The zero-order chi connectivity index (χ0) is 14.7. The Balaban J connectivity index is 1.59. The van der Waals surface area contributed by atoms with Crippen LogP contribution in [0.3, 0.4) is 0 Å². The third-order valence-electron chi connectivity index (χ3n) is 4.14. The average Bonchev–Trinajstić information content (AvgIpc) is 3.18. The van der Waals surface area contributed by atoms with Crippen molar-refractivity contribution in [1.82, 2.24) is 20.1 Å². The Bertz CT molecular complexity index is 525. The van der Waals surface area contributed by atoms with Crippen LogP contribution in [0.15, 0.2) is 12.2 Å². The number of H-pyrrole nitrogens is 1. The van der Waals surface area contributed by atoms with Crippen LogP contribution >= 0.6 is 0 Å². The van der Waals surface area contributed by atoms with Gasteiger partial charge in [0.15, 0.2) is 5.82 Å². The molecule has 1 aliphatic heterocycles. The van der Waals surface area contributed by atoms with Crippen LogP contribution in [-0.4, -0.2) is 45.7 Å². The Kier molecular flexibility index (Phi) is 4.34. The van der Waals surface area contributed by atoms with E-state index < -0.39 is 0 Å². The van der Waals surface area contributed by atoms with E-state index in [1.807, 2.05) is 11.8 Å². The third-order valence-corrected chi connectivity index (χ3v) is 4.14. The first-order valence-electron chi connectivity index (χ1n) is 7.73. The molecule has 1 aromatic rings. The minimum Gasteiger partial charge on any atom is -0.366 e. The van der Waals surface area contributed by atoms with Crippen molar-refractivity contribution in [2.75, 3.05) is 19.7 Å². The quantitative estimate of drug-likeness (QED) is 0.855. The van der Waals surface area contributed by atoms with Gasteiger partial charge in [-0.25, -0.2) is 4.98 Å². The standard InChI is InChI=1S/C15H22N4O2/c1-2-13-16-15(18-17-13)12-10-19(7-8-21-12)14(20)9-11-5-3-4-6-11/h3,5,11-12H,2,4,6-10H2,1H3,(H,16,17,18)/t11-,12-/m1/s1. The number of aromatic amines is 1. The molecule has 0 spiro atoms. The molecule has 1 aromatic heterocycles. The highest BCUT2D eigenvalue weighted by Crippen LogP contribution is 2.24. The number of aromatic nitrogens is 3. The highest BCUT2D eigenvalue weighted by molar-refractivity contribution is 5.76. The monoisotopic (exact) mass is 290 g/mol. The van der Waals surface area contributed by atoms with Gasteiger partial charge in [-0.1, -0.05) is 19.1 Å². The lowest BCUT2D eigenvalue weighted by Gasteiger charge is -2.32. The number of ether oxygens (including phenoxy) is 1. The molecular formula is C15H22N4O2. The van der Waals surface area contributed by atoms with E-state index in [1.165, 1.54) is 0 Å². The predicted molar refractivity (Wildman–Crippen MR) is 77.5 cm³/mol. The summed E-state index contributed by atoms with van der Waals surface area (Å²) in [6, 6.07) is 0. The zero-order valence-corrected chi connectivity index (χ0v) is 12.4. The number of morpholine rings is 1. The van der Waals surface area contributed by atoms with Gasteiger partial charge in [-0.3, -0.25) is 9.89 Å². The smallest absolute Gasteiger partial charge is 0.223 e. The number of aryl methyl sites for hydroxylation is 1. The molecule has 0 aromatic carbocycles. The average molecular weight is 290 g/mol. The highest BCUT2D eigenvalue weighted by atomic mass is 16.5.